The van der Waals surface area contributed by atoms with Crippen molar-refractivity contribution in [1.29, 1.82) is 0 Å². The number of aromatic nitrogens is 1. The molecule has 1 aliphatic heterocycles. The largest absolute Gasteiger partial charge is 0.497 e. The van der Waals surface area contributed by atoms with Crippen molar-refractivity contribution >= 4 is 15.9 Å². The highest BCUT2D eigenvalue weighted by atomic mass is 32.2. The molecule has 1 aromatic carbocycles. The number of aryl methyl sites for hydroxylation is 1. The molecule has 1 aromatic heterocycles. The number of amides is 1. The average Bonchev–Trinajstić information content (AvgIpc) is 3.22. The molecule has 1 aliphatic rings. The minimum absolute atomic E-state index is 0.0706. The van der Waals surface area contributed by atoms with E-state index < -0.39 is 10.0 Å². The minimum Gasteiger partial charge on any atom is -0.497 e. The summed E-state index contributed by atoms with van der Waals surface area (Å²) in [6.07, 6.45) is 2.11. The fourth-order valence-electron chi connectivity index (χ4n) is 2.90. The SMILES string of the molecule is COc1ccc(-c2cnc(CCC(=O)NCCS(=O)(=O)N3CCOCC3)o2)cc1. The van der Waals surface area contributed by atoms with E-state index in [-0.39, 0.29) is 24.6 Å². The van der Waals surface area contributed by atoms with Gasteiger partial charge in [-0.25, -0.2) is 13.4 Å². The Hall–Kier alpha value is -2.43. The number of hydrogen-bond acceptors (Lipinski definition) is 7. The van der Waals surface area contributed by atoms with Crippen LogP contribution in [0.3, 0.4) is 0 Å². The standard InChI is InChI=1S/C19H25N3O6S/c1-26-16-4-2-15(3-5-16)17-14-21-19(28-17)7-6-18(23)20-8-13-29(24,25)22-9-11-27-12-10-22/h2-5,14H,6-13H2,1H3,(H,20,23). The van der Waals surface area contributed by atoms with Crippen molar-refractivity contribution in [3.63, 3.8) is 0 Å². The monoisotopic (exact) mass is 423 g/mol. The van der Waals surface area contributed by atoms with E-state index >= 15 is 0 Å². The number of hydrogen-bond donors (Lipinski definition) is 1. The summed E-state index contributed by atoms with van der Waals surface area (Å²) < 4.78 is 41.8. The molecule has 2 heterocycles. The van der Waals surface area contributed by atoms with Gasteiger partial charge in [-0.1, -0.05) is 0 Å². The Labute approximate surface area is 170 Å². The normalized spacial score (nSPS) is 15.2. The molecular weight excluding hydrogens is 398 g/mol. The van der Waals surface area contributed by atoms with Gasteiger partial charge in [0.05, 0.1) is 32.3 Å². The van der Waals surface area contributed by atoms with Gasteiger partial charge < -0.3 is 19.2 Å². The Balaban J connectivity index is 1.42. The quantitative estimate of drug-likeness (QED) is 0.642. The van der Waals surface area contributed by atoms with Gasteiger partial charge in [-0.2, -0.15) is 4.31 Å². The van der Waals surface area contributed by atoms with E-state index in [0.717, 1.165) is 11.3 Å². The zero-order valence-electron chi connectivity index (χ0n) is 16.3. The highest BCUT2D eigenvalue weighted by molar-refractivity contribution is 7.89. The summed E-state index contributed by atoms with van der Waals surface area (Å²) in [5.74, 6) is 1.44. The second-order valence-corrected chi connectivity index (χ2v) is 8.61. The van der Waals surface area contributed by atoms with Gasteiger partial charge in [0.15, 0.2) is 11.7 Å². The summed E-state index contributed by atoms with van der Waals surface area (Å²) in [6, 6.07) is 7.39. The van der Waals surface area contributed by atoms with Crippen molar-refractivity contribution in [3.8, 4) is 17.1 Å². The molecule has 0 unspecified atom stereocenters. The number of benzene rings is 1. The number of nitrogens with zero attached hydrogens (tertiary/aromatic N) is 2. The number of carbonyl (C=O) groups is 1. The molecule has 10 heteroatoms. The Morgan fingerprint density at radius 3 is 2.66 bits per heavy atom. The predicted octanol–water partition coefficient (Wildman–Crippen LogP) is 1.06. The van der Waals surface area contributed by atoms with Crippen molar-refractivity contribution < 1.29 is 27.1 Å². The highest BCUT2D eigenvalue weighted by Gasteiger charge is 2.23. The third kappa shape index (κ3) is 6.02. The maximum atomic E-state index is 12.2. The van der Waals surface area contributed by atoms with E-state index in [0.29, 0.717) is 44.4 Å². The molecule has 1 amide bonds. The van der Waals surface area contributed by atoms with Gasteiger partial charge in [0.1, 0.15) is 5.75 Å². The van der Waals surface area contributed by atoms with Crippen LogP contribution in [0.5, 0.6) is 5.75 Å². The van der Waals surface area contributed by atoms with Crippen LogP contribution < -0.4 is 10.1 Å². The molecule has 1 N–H and O–H groups in total. The first-order valence-electron chi connectivity index (χ1n) is 9.39. The van der Waals surface area contributed by atoms with Gasteiger partial charge in [0.2, 0.25) is 15.9 Å². The number of nitrogens with one attached hydrogen (secondary N) is 1. The van der Waals surface area contributed by atoms with Crippen LogP contribution in [-0.2, 0) is 26.0 Å². The zero-order chi connectivity index (χ0) is 20.7. The highest BCUT2D eigenvalue weighted by Crippen LogP contribution is 2.23. The summed E-state index contributed by atoms with van der Waals surface area (Å²) in [7, 11) is -1.78. The second kappa shape index (κ2) is 9.86. The van der Waals surface area contributed by atoms with Crippen molar-refractivity contribution in [3.05, 3.63) is 36.4 Å². The molecule has 3 rings (SSSR count). The van der Waals surface area contributed by atoms with Crippen LogP contribution in [0.25, 0.3) is 11.3 Å². The minimum atomic E-state index is -3.38. The fraction of sp³-hybridized carbons (Fsp3) is 0.474. The van der Waals surface area contributed by atoms with Crippen molar-refractivity contribution in [1.82, 2.24) is 14.6 Å². The summed E-state index contributed by atoms with van der Waals surface area (Å²) in [4.78, 5) is 16.2. The number of rotatable bonds is 9. The van der Waals surface area contributed by atoms with Gasteiger partial charge in [0.25, 0.3) is 0 Å². The number of oxazole rings is 1. The molecule has 0 atom stereocenters. The first-order chi connectivity index (χ1) is 14.0. The molecule has 0 radical (unpaired) electrons. The van der Waals surface area contributed by atoms with Gasteiger partial charge in [0, 0.05) is 38.0 Å². The van der Waals surface area contributed by atoms with Crippen LogP contribution >= 0.6 is 0 Å². The lowest BCUT2D eigenvalue weighted by atomic mass is 10.2. The number of ether oxygens (including phenoxy) is 2. The predicted molar refractivity (Wildman–Crippen MR) is 106 cm³/mol. The van der Waals surface area contributed by atoms with Crippen LogP contribution in [-0.4, -0.2) is 69.3 Å². The van der Waals surface area contributed by atoms with E-state index in [2.05, 4.69) is 10.3 Å². The van der Waals surface area contributed by atoms with Gasteiger partial charge in [-0.3, -0.25) is 4.79 Å². The topological polar surface area (TPSA) is 111 Å². The number of carbonyl (C=O) groups excluding carboxylic acids is 1. The molecule has 0 bridgehead atoms. The molecule has 2 aromatic rings. The van der Waals surface area contributed by atoms with Gasteiger partial charge in [-0.15, -0.1) is 0 Å². The molecule has 0 spiro atoms. The molecule has 1 fully saturated rings. The van der Waals surface area contributed by atoms with E-state index in [4.69, 9.17) is 13.9 Å². The molecule has 1 saturated heterocycles. The average molecular weight is 423 g/mol. The summed E-state index contributed by atoms with van der Waals surface area (Å²) in [5, 5.41) is 2.64. The Bertz CT molecular complexity index is 904. The maximum absolute atomic E-state index is 12.2. The van der Waals surface area contributed by atoms with Crippen LogP contribution in [0.2, 0.25) is 0 Å². The van der Waals surface area contributed by atoms with Crippen LogP contribution in [0.4, 0.5) is 0 Å². The lowest BCUT2D eigenvalue weighted by Gasteiger charge is -2.26. The molecule has 9 nitrogen and oxygen atoms in total. The number of sulfonamides is 1. The van der Waals surface area contributed by atoms with E-state index in [1.807, 2.05) is 24.3 Å². The number of methoxy groups -OCH3 is 1. The van der Waals surface area contributed by atoms with Crippen LogP contribution in [0.1, 0.15) is 12.3 Å². The third-order valence-corrected chi connectivity index (χ3v) is 6.41. The lowest BCUT2D eigenvalue weighted by Crippen LogP contribution is -2.43. The second-order valence-electron chi connectivity index (χ2n) is 6.52. The van der Waals surface area contributed by atoms with Gasteiger partial charge >= 0.3 is 0 Å². The fourth-order valence-corrected chi connectivity index (χ4v) is 4.22. The molecular formula is C19H25N3O6S. The van der Waals surface area contributed by atoms with Gasteiger partial charge in [-0.05, 0) is 24.3 Å². The molecule has 0 aliphatic carbocycles. The molecule has 29 heavy (non-hydrogen) atoms. The van der Waals surface area contributed by atoms with E-state index in [9.17, 15) is 13.2 Å². The van der Waals surface area contributed by atoms with Crippen LogP contribution in [0, 0.1) is 0 Å². The first kappa shape index (κ1) is 21.3. The Kier molecular flexibility index (Phi) is 7.24. The summed E-state index contributed by atoms with van der Waals surface area (Å²) in [6.45, 7) is 1.59. The Morgan fingerprint density at radius 1 is 1.24 bits per heavy atom. The lowest BCUT2D eigenvalue weighted by molar-refractivity contribution is -0.121. The van der Waals surface area contributed by atoms with E-state index in [1.54, 1.807) is 13.3 Å². The van der Waals surface area contributed by atoms with Crippen LogP contribution in [0.15, 0.2) is 34.9 Å². The first-order valence-corrected chi connectivity index (χ1v) is 11.0. The zero-order valence-corrected chi connectivity index (χ0v) is 17.1. The maximum Gasteiger partial charge on any atom is 0.220 e. The summed E-state index contributed by atoms with van der Waals surface area (Å²) >= 11 is 0. The van der Waals surface area contributed by atoms with Crippen molar-refractivity contribution in [2.24, 2.45) is 0 Å². The Morgan fingerprint density at radius 2 is 1.97 bits per heavy atom. The van der Waals surface area contributed by atoms with Crippen molar-refractivity contribution in [2.75, 3.05) is 45.7 Å². The smallest absolute Gasteiger partial charge is 0.220 e. The van der Waals surface area contributed by atoms with Crippen molar-refractivity contribution in [2.45, 2.75) is 12.8 Å². The molecule has 158 valence electrons. The summed E-state index contributed by atoms with van der Waals surface area (Å²) in [5.41, 5.74) is 0.863. The third-order valence-electron chi connectivity index (χ3n) is 4.54. The number of morpholine rings is 1. The molecule has 0 saturated carbocycles. The van der Waals surface area contributed by atoms with E-state index in [1.165, 1.54) is 4.31 Å².